The highest BCUT2D eigenvalue weighted by molar-refractivity contribution is 5.42. The van der Waals surface area contributed by atoms with Crippen molar-refractivity contribution in [2.75, 3.05) is 42.9 Å². The zero-order valence-corrected chi connectivity index (χ0v) is 13.0. The molecule has 0 aromatic carbocycles. The maximum atomic E-state index is 4.61. The first kappa shape index (κ1) is 15.0. The lowest BCUT2D eigenvalue weighted by Crippen LogP contribution is -2.49. The van der Waals surface area contributed by atoms with E-state index in [4.69, 9.17) is 0 Å². The summed E-state index contributed by atoms with van der Waals surface area (Å²) in [6.45, 7) is 12.0. The Morgan fingerprint density at radius 1 is 1.25 bits per heavy atom. The van der Waals surface area contributed by atoms with E-state index in [1.807, 2.05) is 12.3 Å². The molecule has 112 valence electrons. The highest BCUT2D eigenvalue weighted by Crippen LogP contribution is 2.16. The van der Waals surface area contributed by atoms with Gasteiger partial charge in [0.25, 0.3) is 0 Å². The van der Waals surface area contributed by atoms with Crippen LogP contribution in [0.1, 0.15) is 33.6 Å². The van der Waals surface area contributed by atoms with Crippen LogP contribution in [0.5, 0.6) is 0 Å². The molecule has 5 nitrogen and oxygen atoms in total. The van der Waals surface area contributed by atoms with E-state index in [2.05, 4.69) is 45.9 Å². The molecule has 1 aliphatic heterocycles. The van der Waals surface area contributed by atoms with Gasteiger partial charge in [0.2, 0.25) is 5.95 Å². The SMILES string of the molecule is CCCNc1nccc(N2CCN(C(C)CC)CC2)n1. The van der Waals surface area contributed by atoms with Crippen molar-refractivity contribution in [3.05, 3.63) is 12.3 Å². The van der Waals surface area contributed by atoms with Crippen LogP contribution in [0.15, 0.2) is 12.3 Å². The van der Waals surface area contributed by atoms with Crippen molar-refractivity contribution in [2.24, 2.45) is 0 Å². The molecule has 2 heterocycles. The highest BCUT2D eigenvalue weighted by atomic mass is 15.3. The van der Waals surface area contributed by atoms with Crippen molar-refractivity contribution in [3.63, 3.8) is 0 Å². The van der Waals surface area contributed by atoms with Crippen molar-refractivity contribution in [1.82, 2.24) is 14.9 Å². The first-order valence-electron chi connectivity index (χ1n) is 7.80. The summed E-state index contributed by atoms with van der Waals surface area (Å²) >= 11 is 0. The summed E-state index contributed by atoms with van der Waals surface area (Å²) in [6, 6.07) is 2.69. The van der Waals surface area contributed by atoms with Crippen molar-refractivity contribution in [2.45, 2.75) is 39.7 Å². The minimum atomic E-state index is 0.685. The van der Waals surface area contributed by atoms with Gasteiger partial charge in [-0.2, -0.15) is 4.98 Å². The van der Waals surface area contributed by atoms with Crippen LogP contribution in [-0.4, -0.2) is 53.6 Å². The number of piperazine rings is 1. The van der Waals surface area contributed by atoms with Crippen molar-refractivity contribution >= 4 is 11.8 Å². The maximum Gasteiger partial charge on any atom is 0.224 e. The second kappa shape index (κ2) is 7.43. The van der Waals surface area contributed by atoms with E-state index in [9.17, 15) is 0 Å². The molecule has 0 aliphatic carbocycles. The highest BCUT2D eigenvalue weighted by Gasteiger charge is 2.21. The molecule has 1 atom stereocenters. The van der Waals surface area contributed by atoms with E-state index >= 15 is 0 Å². The Bertz CT molecular complexity index is 401. The molecule has 1 unspecified atom stereocenters. The Labute approximate surface area is 122 Å². The molecule has 1 saturated heterocycles. The zero-order valence-electron chi connectivity index (χ0n) is 13.0. The summed E-state index contributed by atoms with van der Waals surface area (Å²) in [5.74, 6) is 1.79. The molecular weight excluding hydrogens is 250 g/mol. The second-order valence-electron chi connectivity index (χ2n) is 5.45. The minimum Gasteiger partial charge on any atom is -0.354 e. The number of rotatable bonds is 6. The molecule has 5 heteroatoms. The topological polar surface area (TPSA) is 44.3 Å². The van der Waals surface area contributed by atoms with Gasteiger partial charge in [0.05, 0.1) is 0 Å². The van der Waals surface area contributed by atoms with Gasteiger partial charge in [0.1, 0.15) is 5.82 Å². The van der Waals surface area contributed by atoms with E-state index in [0.717, 1.165) is 50.9 Å². The van der Waals surface area contributed by atoms with Crippen LogP contribution in [0.25, 0.3) is 0 Å². The second-order valence-corrected chi connectivity index (χ2v) is 5.45. The van der Waals surface area contributed by atoms with Crippen LogP contribution >= 0.6 is 0 Å². The van der Waals surface area contributed by atoms with Gasteiger partial charge < -0.3 is 10.2 Å². The van der Waals surface area contributed by atoms with E-state index in [1.165, 1.54) is 6.42 Å². The van der Waals surface area contributed by atoms with Crippen LogP contribution in [0.3, 0.4) is 0 Å². The molecular formula is C15H27N5. The minimum absolute atomic E-state index is 0.685. The van der Waals surface area contributed by atoms with E-state index in [-0.39, 0.29) is 0 Å². The standard InChI is InChI=1S/C15H27N5/c1-4-7-16-15-17-8-6-14(18-15)20-11-9-19(10-12-20)13(3)5-2/h6,8,13H,4-5,7,9-12H2,1-3H3,(H,16,17,18). The van der Waals surface area contributed by atoms with Crippen molar-refractivity contribution < 1.29 is 0 Å². The molecule has 0 saturated carbocycles. The van der Waals surface area contributed by atoms with Gasteiger partial charge in [0, 0.05) is 45.0 Å². The lowest BCUT2D eigenvalue weighted by atomic mass is 10.2. The van der Waals surface area contributed by atoms with Gasteiger partial charge in [-0.15, -0.1) is 0 Å². The molecule has 1 aliphatic rings. The molecule has 1 fully saturated rings. The Morgan fingerprint density at radius 2 is 2.00 bits per heavy atom. The van der Waals surface area contributed by atoms with Gasteiger partial charge in [-0.05, 0) is 25.8 Å². The summed E-state index contributed by atoms with van der Waals surface area (Å²) in [7, 11) is 0. The fourth-order valence-corrected chi connectivity index (χ4v) is 2.50. The van der Waals surface area contributed by atoms with Crippen LogP contribution in [0.2, 0.25) is 0 Å². The average molecular weight is 277 g/mol. The van der Waals surface area contributed by atoms with Crippen LogP contribution in [0.4, 0.5) is 11.8 Å². The monoisotopic (exact) mass is 277 g/mol. The molecule has 1 N–H and O–H groups in total. The van der Waals surface area contributed by atoms with E-state index in [1.54, 1.807) is 0 Å². The third-order valence-electron chi connectivity index (χ3n) is 4.03. The first-order chi connectivity index (χ1) is 9.74. The van der Waals surface area contributed by atoms with Gasteiger partial charge >= 0.3 is 0 Å². The lowest BCUT2D eigenvalue weighted by Gasteiger charge is -2.38. The molecule has 2 rings (SSSR count). The quantitative estimate of drug-likeness (QED) is 0.864. The normalized spacial score (nSPS) is 18.1. The Balaban J connectivity index is 1.93. The molecule has 0 bridgehead atoms. The van der Waals surface area contributed by atoms with Crippen molar-refractivity contribution in [3.8, 4) is 0 Å². The molecule has 0 amide bonds. The molecule has 1 aromatic heterocycles. The molecule has 0 spiro atoms. The summed E-state index contributed by atoms with van der Waals surface area (Å²) in [5, 5.41) is 3.25. The van der Waals surface area contributed by atoms with Crippen LogP contribution in [0, 0.1) is 0 Å². The maximum absolute atomic E-state index is 4.61. The molecule has 0 radical (unpaired) electrons. The number of nitrogens with zero attached hydrogens (tertiary/aromatic N) is 4. The number of aromatic nitrogens is 2. The Hall–Kier alpha value is -1.36. The lowest BCUT2D eigenvalue weighted by molar-refractivity contribution is 0.192. The fourth-order valence-electron chi connectivity index (χ4n) is 2.50. The van der Waals surface area contributed by atoms with Gasteiger partial charge in [-0.25, -0.2) is 4.98 Å². The number of nitrogens with one attached hydrogen (secondary N) is 1. The first-order valence-corrected chi connectivity index (χ1v) is 7.80. The summed E-state index contributed by atoms with van der Waals surface area (Å²) in [4.78, 5) is 13.8. The van der Waals surface area contributed by atoms with E-state index in [0.29, 0.717) is 6.04 Å². The Kier molecular flexibility index (Phi) is 5.59. The summed E-state index contributed by atoms with van der Waals surface area (Å²) in [6.07, 6.45) is 4.15. The Morgan fingerprint density at radius 3 is 2.65 bits per heavy atom. The number of anilines is 2. The number of hydrogen-bond acceptors (Lipinski definition) is 5. The molecule has 20 heavy (non-hydrogen) atoms. The van der Waals surface area contributed by atoms with E-state index < -0.39 is 0 Å². The van der Waals surface area contributed by atoms with Crippen molar-refractivity contribution in [1.29, 1.82) is 0 Å². The smallest absolute Gasteiger partial charge is 0.224 e. The number of hydrogen-bond donors (Lipinski definition) is 1. The third-order valence-corrected chi connectivity index (χ3v) is 4.03. The zero-order chi connectivity index (χ0) is 14.4. The third kappa shape index (κ3) is 3.82. The average Bonchev–Trinajstić information content (AvgIpc) is 2.52. The van der Waals surface area contributed by atoms with Crippen LogP contribution < -0.4 is 10.2 Å². The van der Waals surface area contributed by atoms with Gasteiger partial charge in [-0.1, -0.05) is 13.8 Å². The largest absolute Gasteiger partial charge is 0.354 e. The molecule has 1 aromatic rings. The summed E-state index contributed by atoms with van der Waals surface area (Å²) < 4.78 is 0. The fraction of sp³-hybridized carbons (Fsp3) is 0.733. The van der Waals surface area contributed by atoms with Crippen LogP contribution in [-0.2, 0) is 0 Å². The predicted molar refractivity (Wildman–Crippen MR) is 84.4 cm³/mol. The van der Waals surface area contributed by atoms with Gasteiger partial charge in [-0.3, -0.25) is 4.90 Å². The predicted octanol–water partition coefficient (Wildman–Crippen LogP) is 2.22. The van der Waals surface area contributed by atoms with Gasteiger partial charge in [0.15, 0.2) is 0 Å². The summed E-state index contributed by atoms with van der Waals surface area (Å²) in [5.41, 5.74) is 0.